The first-order valence-corrected chi connectivity index (χ1v) is 11.1. The van der Waals surface area contributed by atoms with E-state index >= 15 is 0 Å². The van der Waals surface area contributed by atoms with Gasteiger partial charge in [-0.15, -0.1) is 0 Å². The minimum absolute atomic E-state index is 0.00732. The van der Waals surface area contributed by atoms with E-state index in [9.17, 15) is 9.59 Å². The van der Waals surface area contributed by atoms with Crippen molar-refractivity contribution in [1.29, 1.82) is 0 Å². The summed E-state index contributed by atoms with van der Waals surface area (Å²) in [6.07, 6.45) is 3.09. The van der Waals surface area contributed by atoms with Gasteiger partial charge in [-0.25, -0.2) is 0 Å². The fourth-order valence-electron chi connectivity index (χ4n) is 3.75. The molecule has 2 aromatic carbocycles. The highest BCUT2D eigenvalue weighted by molar-refractivity contribution is 5.87. The van der Waals surface area contributed by atoms with Crippen molar-refractivity contribution in [2.24, 2.45) is 0 Å². The summed E-state index contributed by atoms with van der Waals surface area (Å²) in [7, 11) is 0. The first-order chi connectivity index (χ1) is 15.1. The number of ether oxygens (including phenoxy) is 2. The fraction of sp³-hybridized carbons (Fsp3) is 0.440. The smallest absolute Gasteiger partial charge is 0.242 e. The van der Waals surface area contributed by atoms with Crippen molar-refractivity contribution < 1.29 is 19.1 Å². The molecule has 0 saturated carbocycles. The van der Waals surface area contributed by atoms with Crippen LogP contribution in [0.25, 0.3) is 0 Å². The third-order valence-corrected chi connectivity index (χ3v) is 5.48. The zero-order valence-corrected chi connectivity index (χ0v) is 18.4. The molecule has 0 saturated heterocycles. The Kier molecular flexibility index (Phi) is 8.33. The van der Waals surface area contributed by atoms with Gasteiger partial charge in [-0.3, -0.25) is 9.59 Å². The number of carbonyl (C=O) groups excluding carboxylic acids is 2. The maximum absolute atomic E-state index is 13.2. The van der Waals surface area contributed by atoms with Gasteiger partial charge in [0.1, 0.15) is 6.04 Å². The van der Waals surface area contributed by atoms with Crippen LogP contribution in [0.3, 0.4) is 0 Å². The number of nitrogens with zero attached hydrogens (tertiary/aromatic N) is 1. The first-order valence-electron chi connectivity index (χ1n) is 11.1. The van der Waals surface area contributed by atoms with Gasteiger partial charge in [-0.2, -0.15) is 0 Å². The van der Waals surface area contributed by atoms with E-state index in [-0.39, 0.29) is 18.6 Å². The summed E-state index contributed by atoms with van der Waals surface area (Å²) in [5.74, 6) is 1.37. The lowest BCUT2D eigenvalue weighted by atomic mass is 10.1. The predicted molar refractivity (Wildman–Crippen MR) is 120 cm³/mol. The second-order valence-corrected chi connectivity index (χ2v) is 7.73. The molecule has 0 aliphatic carbocycles. The van der Waals surface area contributed by atoms with E-state index < -0.39 is 6.04 Å². The monoisotopic (exact) mass is 424 g/mol. The summed E-state index contributed by atoms with van der Waals surface area (Å²) in [6, 6.07) is 15.4. The molecule has 0 spiro atoms. The van der Waals surface area contributed by atoms with Gasteiger partial charge in [0.25, 0.3) is 0 Å². The van der Waals surface area contributed by atoms with Gasteiger partial charge in [-0.05, 0) is 48.9 Å². The second-order valence-electron chi connectivity index (χ2n) is 7.73. The number of aryl methyl sites for hydroxylation is 1. The van der Waals surface area contributed by atoms with Gasteiger partial charge in [0.2, 0.25) is 18.6 Å². The number of nitrogens with one attached hydrogen (secondary N) is 1. The van der Waals surface area contributed by atoms with Gasteiger partial charge < -0.3 is 19.7 Å². The molecule has 1 aliphatic heterocycles. The topological polar surface area (TPSA) is 67.9 Å². The average Bonchev–Trinajstić information content (AvgIpc) is 3.27. The average molecular weight is 425 g/mol. The van der Waals surface area contributed by atoms with E-state index in [0.29, 0.717) is 38.8 Å². The van der Waals surface area contributed by atoms with Crippen molar-refractivity contribution in [3.63, 3.8) is 0 Å². The van der Waals surface area contributed by atoms with Crippen molar-refractivity contribution >= 4 is 11.8 Å². The Balaban J connectivity index is 1.68. The molecular formula is C25H32N2O4. The number of amides is 2. The van der Waals surface area contributed by atoms with Crippen LogP contribution in [-0.4, -0.2) is 42.6 Å². The molecule has 0 aromatic heterocycles. The Morgan fingerprint density at radius 3 is 2.52 bits per heavy atom. The maximum Gasteiger partial charge on any atom is 0.242 e. The number of rotatable bonds is 11. The molecule has 6 heteroatoms. The quantitative estimate of drug-likeness (QED) is 0.597. The first kappa shape index (κ1) is 22.7. The van der Waals surface area contributed by atoms with Crippen LogP contribution in [0.4, 0.5) is 0 Å². The molecule has 0 radical (unpaired) electrons. The van der Waals surface area contributed by atoms with Crippen molar-refractivity contribution in [3.05, 3.63) is 59.7 Å². The third kappa shape index (κ3) is 6.23. The van der Waals surface area contributed by atoms with Crippen molar-refractivity contribution in [2.75, 3.05) is 19.9 Å². The van der Waals surface area contributed by atoms with E-state index in [1.54, 1.807) is 4.90 Å². The number of benzene rings is 2. The van der Waals surface area contributed by atoms with Gasteiger partial charge in [-0.1, -0.05) is 50.2 Å². The van der Waals surface area contributed by atoms with Gasteiger partial charge in [0.05, 0.1) is 0 Å². The van der Waals surface area contributed by atoms with E-state index in [4.69, 9.17) is 9.47 Å². The van der Waals surface area contributed by atoms with Crippen LogP contribution in [-0.2, 0) is 22.4 Å². The zero-order chi connectivity index (χ0) is 22.1. The van der Waals surface area contributed by atoms with Gasteiger partial charge in [0, 0.05) is 19.5 Å². The molecule has 0 bridgehead atoms. The van der Waals surface area contributed by atoms with Gasteiger partial charge in [0.15, 0.2) is 11.5 Å². The molecule has 0 unspecified atom stereocenters. The molecule has 1 aliphatic rings. The number of hydrogen-bond acceptors (Lipinski definition) is 4. The number of fused-ring (bicyclic) bond motifs is 1. The third-order valence-electron chi connectivity index (χ3n) is 5.48. The van der Waals surface area contributed by atoms with Crippen molar-refractivity contribution in [3.8, 4) is 11.5 Å². The summed E-state index contributed by atoms with van der Waals surface area (Å²) in [5, 5.41) is 2.96. The highest BCUT2D eigenvalue weighted by Gasteiger charge is 2.28. The summed E-state index contributed by atoms with van der Waals surface area (Å²) >= 11 is 0. The largest absolute Gasteiger partial charge is 0.454 e. The number of hydrogen-bond donors (Lipinski definition) is 1. The highest BCUT2D eigenvalue weighted by Crippen LogP contribution is 2.32. The van der Waals surface area contributed by atoms with Crippen LogP contribution in [0.15, 0.2) is 48.5 Å². The minimum Gasteiger partial charge on any atom is -0.454 e. The van der Waals surface area contributed by atoms with E-state index in [2.05, 4.69) is 5.32 Å². The maximum atomic E-state index is 13.2. The Hall–Kier alpha value is -3.02. The van der Waals surface area contributed by atoms with Crippen LogP contribution < -0.4 is 14.8 Å². The molecule has 31 heavy (non-hydrogen) atoms. The minimum atomic E-state index is -0.459. The lowest BCUT2D eigenvalue weighted by Crippen LogP contribution is -2.50. The molecular weight excluding hydrogens is 392 g/mol. The highest BCUT2D eigenvalue weighted by atomic mass is 16.7. The molecule has 1 N–H and O–H groups in total. The van der Waals surface area contributed by atoms with Crippen LogP contribution >= 0.6 is 0 Å². The Morgan fingerprint density at radius 2 is 1.77 bits per heavy atom. The van der Waals surface area contributed by atoms with Crippen LogP contribution in [0.5, 0.6) is 11.5 Å². The fourth-order valence-corrected chi connectivity index (χ4v) is 3.75. The molecule has 2 aromatic rings. The molecule has 166 valence electrons. The normalized spacial score (nSPS) is 13.0. The van der Waals surface area contributed by atoms with Crippen LogP contribution in [0, 0.1) is 0 Å². The Labute approximate surface area is 184 Å². The molecule has 6 nitrogen and oxygen atoms in total. The second kappa shape index (κ2) is 11.4. The molecule has 3 rings (SSSR count). The van der Waals surface area contributed by atoms with E-state index in [0.717, 1.165) is 29.0 Å². The Morgan fingerprint density at radius 1 is 1.00 bits per heavy atom. The summed E-state index contributed by atoms with van der Waals surface area (Å²) in [6.45, 7) is 5.34. The van der Waals surface area contributed by atoms with Gasteiger partial charge >= 0.3 is 0 Å². The Bertz CT molecular complexity index is 869. The molecule has 2 amide bonds. The van der Waals surface area contributed by atoms with Crippen LogP contribution in [0.1, 0.15) is 44.2 Å². The van der Waals surface area contributed by atoms with Crippen LogP contribution in [0.2, 0.25) is 0 Å². The van der Waals surface area contributed by atoms with E-state index in [1.807, 2.05) is 62.4 Å². The summed E-state index contributed by atoms with van der Waals surface area (Å²) < 4.78 is 10.8. The molecule has 1 atom stereocenters. The summed E-state index contributed by atoms with van der Waals surface area (Å²) in [5.41, 5.74) is 2.17. The summed E-state index contributed by atoms with van der Waals surface area (Å²) in [4.78, 5) is 27.8. The van der Waals surface area contributed by atoms with Crippen molar-refractivity contribution in [2.45, 2.75) is 52.0 Å². The standard InChI is InChI=1S/C25H32N2O4/c1-3-15-26-25(29)21(4-2)27(16-14-19-8-6-5-7-9-19)24(28)13-11-20-10-12-22-23(17-20)31-18-30-22/h5-10,12,17,21H,3-4,11,13-16,18H2,1-2H3,(H,26,29)/t21-/m0/s1. The number of carbonyl (C=O) groups is 2. The van der Waals surface area contributed by atoms with Crippen molar-refractivity contribution in [1.82, 2.24) is 10.2 Å². The lowest BCUT2D eigenvalue weighted by molar-refractivity contribution is -0.140. The van der Waals surface area contributed by atoms with E-state index in [1.165, 1.54) is 0 Å². The molecule has 0 fully saturated rings. The zero-order valence-electron chi connectivity index (χ0n) is 18.4. The lowest BCUT2D eigenvalue weighted by Gasteiger charge is -2.30. The predicted octanol–water partition coefficient (Wildman–Crippen LogP) is 3.72. The SMILES string of the molecule is CCCNC(=O)[C@H](CC)N(CCc1ccccc1)C(=O)CCc1ccc2c(c1)OCO2. The molecule has 1 heterocycles.